The number of methoxy groups -OCH3 is 1. The van der Waals surface area contributed by atoms with Crippen molar-refractivity contribution < 1.29 is 14.3 Å². The van der Waals surface area contributed by atoms with Gasteiger partial charge in [-0.1, -0.05) is 0 Å². The number of nitrogens with one attached hydrogen (secondary N) is 2. The SMILES string of the molecule is COc1ccc(-c2[nH]ncc2C(=O)N2CCCC(N3CCNCC3=O)C2)cc1. The van der Waals surface area contributed by atoms with Crippen LogP contribution in [-0.4, -0.2) is 77.7 Å². The number of piperidine rings is 1. The summed E-state index contributed by atoms with van der Waals surface area (Å²) in [6.45, 7) is 3.16. The van der Waals surface area contributed by atoms with Crippen LogP contribution in [0.3, 0.4) is 0 Å². The van der Waals surface area contributed by atoms with Gasteiger partial charge in [0.1, 0.15) is 5.75 Å². The van der Waals surface area contributed by atoms with E-state index < -0.39 is 0 Å². The molecule has 2 N–H and O–H groups in total. The van der Waals surface area contributed by atoms with Gasteiger partial charge < -0.3 is 19.9 Å². The van der Waals surface area contributed by atoms with Crippen molar-refractivity contribution in [2.24, 2.45) is 0 Å². The molecule has 0 aliphatic carbocycles. The van der Waals surface area contributed by atoms with Gasteiger partial charge in [-0.05, 0) is 37.1 Å². The summed E-state index contributed by atoms with van der Waals surface area (Å²) in [6.07, 6.45) is 3.41. The van der Waals surface area contributed by atoms with Crippen molar-refractivity contribution in [1.82, 2.24) is 25.3 Å². The summed E-state index contributed by atoms with van der Waals surface area (Å²) in [5.74, 6) is 0.829. The number of benzene rings is 1. The summed E-state index contributed by atoms with van der Waals surface area (Å²) in [5, 5.41) is 10.2. The molecule has 0 radical (unpaired) electrons. The summed E-state index contributed by atoms with van der Waals surface area (Å²) in [4.78, 5) is 29.2. The molecule has 2 saturated heterocycles. The standard InChI is InChI=1S/C20H25N5O3/c1-28-16-6-4-14(5-7-16)19-17(11-22-23-19)20(27)24-9-2-3-15(13-24)25-10-8-21-12-18(25)26/h4-7,11,15,21H,2-3,8-10,12-13H2,1H3,(H,22,23). The van der Waals surface area contributed by atoms with E-state index in [0.717, 1.165) is 30.7 Å². The summed E-state index contributed by atoms with van der Waals surface area (Å²) in [5.41, 5.74) is 2.14. The molecule has 2 amide bonds. The zero-order valence-electron chi connectivity index (χ0n) is 16.0. The molecule has 1 aromatic carbocycles. The first-order valence-electron chi connectivity index (χ1n) is 9.64. The molecule has 0 spiro atoms. The monoisotopic (exact) mass is 383 g/mol. The molecule has 8 heteroatoms. The minimum atomic E-state index is -0.0492. The minimum absolute atomic E-state index is 0.0492. The number of likely N-dealkylation sites (tertiary alicyclic amines) is 1. The Balaban J connectivity index is 1.51. The summed E-state index contributed by atoms with van der Waals surface area (Å²) in [7, 11) is 1.62. The number of carbonyl (C=O) groups is 2. The first kappa shape index (κ1) is 18.5. The average molecular weight is 383 g/mol. The maximum atomic E-state index is 13.2. The Labute approximate surface area is 163 Å². The molecule has 2 aromatic rings. The molecule has 1 atom stereocenters. The van der Waals surface area contributed by atoms with E-state index in [4.69, 9.17) is 4.74 Å². The Morgan fingerprint density at radius 1 is 1.25 bits per heavy atom. The molecule has 0 saturated carbocycles. The number of aromatic nitrogens is 2. The van der Waals surface area contributed by atoms with Crippen LogP contribution in [0, 0.1) is 0 Å². The number of nitrogens with zero attached hydrogens (tertiary/aromatic N) is 3. The van der Waals surface area contributed by atoms with Crippen molar-refractivity contribution in [3.8, 4) is 17.0 Å². The second kappa shape index (κ2) is 8.02. The Bertz CT molecular complexity index is 848. The van der Waals surface area contributed by atoms with Crippen molar-refractivity contribution in [2.45, 2.75) is 18.9 Å². The Morgan fingerprint density at radius 3 is 2.82 bits per heavy atom. The first-order valence-corrected chi connectivity index (χ1v) is 9.64. The molecule has 3 heterocycles. The highest BCUT2D eigenvalue weighted by Gasteiger charge is 2.32. The predicted molar refractivity (Wildman–Crippen MR) is 104 cm³/mol. The summed E-state index contributed by atoms with van der Waals surface area (Å²) in [6, 6.07) is 7.61. The Morgan fingerprint density at radius 2 is 2.07 bits per heavy atom. The number of amides is 2. The Hall–Kier alpha value is -2.87. The number of carbonyl (C=O) groups excluding carboxylic acids is 2. The molecule has 8 nitrogen and oxygen atoms in total. The van der Waals surface area contributed by atoms with E-state index in [0.29, 0.717) is 37.4 Å². The molecule has 2 aliphatic heterocycles. The van der Waals surface area contributed by atoms with Crippen molar-refractivity contribution in [2.75, 3.05) is 39.8 Å². The lowest BCUT2D eigenvalue weighted by atomic mass is 10.0. The molecule has 2 fully saturated rings. The van der Waals surface area contributed by atoms with Crippen molar-refractivity contribution in [3.05, 3.63) is 36.0 Å². The van der Waals surface area contributed by atoms with Gasteiger partial charge in [0.15, 0.2) is 0 Å². The highest BCUT2D eigenvalue weighted by molar-refractivity contribution is 5.99. The van der Waals surface area contributed by atoms with E-state index in [-0.39, 0.29) is 17.9 Å². The lowest BCUT2D eigenvalue weighted by Crippen LogP contribution is -2.57. The van der Waals surface area contributed by atoms with Crippen LogP contribution in [0.15, 0.2) is 30.5 Å². The van der Waals surface area contributed by atoms with E-state index >= 15 is 0 Å². The van der Waals surface area contributed by atoms with E-state index in [1.54, 1.807) is 13.3 Å². The lowest BCUT2D eigenvalue weighted by Gasteiger charge is -2.41. The molecule has 2 aliphatic rings. The van der Waals surface area contributed by atoms with Crippen molar-refractivity contribution >= 4 is 11.8 Å². The average Bonchev–Trinajstić information content (AvgIpc) is 3.23. The second-order valence-corrected chi connectivity index (χ2v) is 7.20. The van der Waals surface area contributed by atoms with Gasteiger partial charge >= 0.3 is 0 Å². The van der Waals surface area contributed by atoms with Crippen LogP contribution in [0.2, 0.25) is 0 Å². The van der Waals surface area contributed by atoms with Crippen LogP contribution >= 0.6 is 0 Å². The fourth-order valence-corrected chi connectivity index (χ4v) is 4.00. The van der Waals surface area contributed by atoms with Crippen LogP contribution in [0.25, 0.3) is 11.3 Å². The number of rotatable bonds is 4. The quantitative estimate of drug-likeness (QED) is 0.826. The third-order valence-corrected chi connectivity index (χ3v) is 5.50. The van der Waals surface area contributed by atoms with E-state index in [2.05, 4.69) is 15.5 Å². The molecule has 1 unspecified atom stereocenters. The smallest absolute Gasteiger partial charge is 0.257 e. The molecular formula is C20H25N5O3. The lowest BCUT2D eigenvalue weighted by molar-refractivity contribution is -0.135. The molecule has 28 heavy (non-hydrogen) atoms. The van der Waals surface area contributed by atoms with Gasteiger partial charge in [0.05, 0.1) is 31.1 Å². The van der Waals surface area contributed by atoms with E-state index in [1.165, 1.54) is 0 Å². The molecule has 0 bridgehead atoms. The fourth-order valence-electron chi connectivity index (χ4n) is 4.00. The zero-order valence-corrected chi connectivity index (χ0v) is 16.0. The van der Waals surface area contributed by atoms with Crippen LogP contribution < -0.4 is 10.1 Å². The number of aromatic amines is 1. The predicted octanol–water partition coefficient (Wildman–Crippen LogP) is 1.12. The number of piperazine rings is 1. The maximum Gasteiger partial charge on any atom is 0.257 e. The number of hydrogen-bond acceptors (Lipinski definition) is 5. The van der Waals surface area contributed by atoms with Gasteiger partial charge in [-0.25, -0.2) is 0 Å². The van der Waals surface area contributed by atoms with Gasteiger partial charge in [-0.2, -0.15) is 5.10 Å². The number of hydrogen-bond donors (Lipinski definition) is 2. The fraction of sp³-hybridized carbons (Fsp3) is 0.450. The maximum absolute atomic E-state index is 13.2. The molecule has 1 aromatic heterocycles. The van der Waals surface area contributed by atoms with Crippen LogP contribution in [0.4, 0.5) is 0 Å². The van der Waals surface area contributed by atoms with Crippen LogP contribution in [0.5, 0.6) is 5.75 Å². The Kier molecular flexibility index (Phi) is 5.29. The topological polar surface area (TPSA) is 90.6 Å². The van der Waals surface area contributed by atoms with Crippen LogP contribution in [-0.2, 0) is 4.79 Å². The number of H-pyrrole nitrogens is 1. The highest BCUT2D eigenvalue weighted by atomic mass is 16.5. The van der Waals surface area contributed by atoms with Gasteiger partial charge in [-0.3, -0.25) is 14.7 Å². The minimum Gasteiger partial charge on any atom is -0.497 e. The first-order chi connectivity index (χ1) is 13.7. The molecular weight excluding hydrogens is 358 g/mol. The van der Waals surface area contributed by atoms with Gasteiger partial charge in [-0.15, -0.1) is 0 Å². The van der Waals surface area contributed by atoms with E-state index in [1.807, 2.05) is 34.1 Å². The number of ether oxygens (including phenoxy) is 1. The van der Waals surface area contributed by atoms with Crippen molar-refractivity contribution in [3.63, 3.8) is 0 Å². The largest absolute Gasteiger partial charge is 0.497 e. The van der Waals surface area contributed by atoms with E-state index in [9.17, 15) is 9.59 Å². The van der Waals surface area contributed by atoms with Gasteiger partial charge in [0.25, 0.3) is 5.91 Å². The third kappa shape index (κ3) is 3.60. The van der Waals surface area contributed by atoms with Crippen molar-refractivity contribution in [1.29, 1.82) is 0 Å². The zero-order chi connectivity index (χ0) is 19.5. The van der Waals surface area contributed by atoms with Crippen LogP contribution in [0.1, 0.15) is 23.2 Å². The molecule has 148 valence electrons. The third-order valence-electron chi connectivity index (χ3n) is 5.50. The van der Waals surface area contributed by atoms with Gasteiger partial charge in [0, 0.05) is 37.8 Å². The highest BCUT2D eigenvalue weighted by Crippen LogP contribution is 2.26. The molecule has 4 rings (SSSR count). The van der Waals surface area contributed by atoms with Gasteiger partial charge in [0.2, 0.25) is 5.91 Å². The summed E-state index contributed by atoms with van der Waals surface area (Å²) >= 11 is 0. The second-order valence-electron chi connectivity index (χ2n) is 7.20. The summed E-state index contributed by atoms with van der Waals surface area (Å²) < 4.78 is 5.20. The normalized spacial score (nSPS) is 20.3.